The molecule has 0 saturated carbocycles. The summed E-state index contributed by atoms with van der Waals surface area (Å²) in [5.74, 6) is 0.0594. The zero-order chi connectivity index (χ0) is 22.8. The molecule has 8 heteroatoms. The van der Waals surface area contributed by atoms with Crippen LogP contribution in [-0.2, 0) is 9.53 Å². The second kappa shape index (κ2) is 8.82. The van der Waals surface area contributed by atoms with Gasteiger partial charge in [-0.25, -0.2) is 9.97 Å². The van der Waals surface area contributed by atoms with Crippen LogP contribution in [0.5, 0.6) is 5.75 Å². The van der Waals surface area contributed by atoms with Gasteiger partial charge in [-0.3, -0.25) is 4.79 Å². The first-order valence-corrected chi connectivity index (χ1v) is 10.4. The Morgan fingerprint density at radius 1 is 1.28 bits per heavy atom. The Labute approximate surface area is 186 Å². The minimum Gasteiger partial charge on any atom is -0.495 e. The van der Waals surface area contributed by atoms with Crippen molar-refractivity contribution >= 4 is 12.0 Å². The molecular weight excluding hydrogens is 411 g/mol. The van der Waals surface area contributed by atoms with E-state index >= 15 is 0 Å². The van der Waals surface area contributed by atoms with E-state index in [1.54, 1.807) is 30.5 Å². The molecule has 0 N–H and O–H groups in total. The summed E-state index contributed by atoms with van der Waals surface area (Å²) in [5.41, 5.74) is 3.19. The molecule has 0 spiro atoms. The number of benzene rings is 1. The van der Waals surface area contributed by atoms with Crippen LogP contribution in [0.25, 0.3) is 11.8 Å². The van der Waals surface area contributed by atoms with Gasteiger partial charge in [0.05, 0.1) is 37.4 Å². The molecule has 0 bridgehead atoms. The van der Waals surface area contributed by atoms with Crippen LogP contribution in [0.3, 0.4) is 0 Å². The van der Waals surface area contributed by atoms with Gasteiger partial charge in [0.2, 0.25) is 5.95 Å². The van der Waals surface area contributed by atoms with Crippen LogP contribution in [0.2, 0.25) is 0 Å². The highest BCUT2D eigenvalue weighted by atomic mass is 19.1. The molecule has 0 unspecified atom stereocenters. The molecule has 1 saturated heterocycles. The summed E-state index contributed by atoms with van der Waals surface area (Å²) in [4.78, 5) is 22.7. The smallest absolute Gasteiger partial charge is 0.289 e. The quantitative estimate of drug-likeness (QED) is 0.445. The molecule has 1 aromatic carbocycles. The monoisotopic (exact) mass is 436 g/mol. The Kier molecular flexibility index (Phi) is 5.94. The molecule has 3 heterocycles. The lowest BCUT2D eigenvalue weighted by Crippen LogP contribution is -2.45. The van der Waals surface area contributed by atoms with Crippen molar-refractivity contribution in [2.75, 3.05) is 13.7 Å². The van der Waals surface area contributed by atoms with Gasteiger partial charge < -0.3 is 18.9 Å². The second-order valence-electron chi connectivity index (χ2n) is 7.84. The zero-order valence-electron chi connectivity index (χ0n) is 18.4. The first-order valence-electron chi connectivity index (χ1n) is 10.4. The Hall–Kier alpha value is -3.68. The number of ether oxygens (including phenoxy) is 2. The van der Waals surface area contributed by atoms with E-state index in [0.29, 0.717) is 17.9 Å². The maximum absolute atomic E-state index is 13.6. The average Bonchev–Trinajstić information content (AvgIpc) is 3.21. The molecule has 1 amide bonds. The van der Waals surface area contributed by atoms with Gasteiger partial charge in [-0.1, -0.05) is 6.07 Å². The fraction of sp³-hybridized carbons (Fsp3) is 0.292. The summed E-state index contributed by atoms with van der Waals surface area (Å²) in [6, 6.07) is 8.39. The number of nitrogens with zero attached hydrogens (tertiary/aromatic N) is 4. The predicted octanol–water partition coefficient (Wildman–Crippen LogP) is 4.07. The number of morpholine rings is 1. The topological polar surface area (TPSA) is 69.5 Å². The number of pyridine rings is 1. The van der Waals surface area contributed by atoms with Crippen LogP contribution in [0, 0.1) is 12.9 Å². The number of carbonyl (C=O) groups excluding carboxylic acids is 1. The molecule has 4 rings (SSSR count). The largest absolute Gasteiger partial charge is 0.495 e. The van der Waals surface area contributed by atoms with E-state index < -0.39 is 5.95 Å². The highest BCUT2D eigenvalue weighted by molar-refractivity contribution is 5.96. The minimum atomic E-state index is -0.570. The number of aromatic nitrogens is 3. The molecule has 3 aromatic rings. The number of halogens is 1. The lowest BCUT2D eigenvalue weighted by molar-refractivity contribution is -0.141. The molecular formula is C24H25FN4O3. The number of hydrogen-bond acceptors (Lipinski definition) is 5. The van der Waals surface area contributed by atoms with E-state index in [4.69, 9.17) is 9.47 Å². The number of methoxy groups -OCH3 is 1. The fourth-order valence-corrected chi connectivity index (χ4v) is 3.79. The van der Waals surface area contributed by atoms with Crippen LogP contribution in [0.4, 0.5) is 4.39 Å². The summed E-state index contributed by atoms with van der Waals surface area (Å²) in [7, 11) is 1.60. The van der Waals surface area contributed by atoms with E-state index in [1.807, 2.05) is 49.7 Å². The van der Waals surface area contributed by atoms with E-state index in [1.165, 1.54) is 12.3 Å². The summed E-state index contributed by atoms with van der Waals surface area (Å²) in [6.07, 6.45) is 6.54. The molecule has 2 aromatic heterocycles. The fourth-order valence-electron chi connectivity index (χ4n) is 3.79. The van der Waals surface area contributed by atoms with E-state index in [2.05, 4.69) is 9.97 Å². The third kappa shape index (κ3) is 4.34. The van der Waals surface area contributed by atoms with Gasteiger partial charge in [0.25, 0.3) is 5.91 Å². The third-order valence-electron chi connectivity index (χ3n) is 5.45. The standard InChI is InChI=1S/C24H25FN4O3/c1-15-12-28(14-27-15)20-6-5-18(9-21(20)31-4)10-22-24(30)29(13-16(2)32-22)17(3)19-7-8-26-23(25)11-19/h5-12,14,16-17H,13H2,1-4H3/b22-10-/t16-,17+/m0/s1. The molecule has 0 aliphatic carbocycles. The highest BCUT2D eigenvalue weighted by Gasteiger charge is 2.33. The second-order valence-corrected chi connectivity index (χ2v) is 7.84. The number of amides is 1. The van der Waals surface area contributed by atoms with Crippen LogP contribution in [0.1, 0.15) is 36.7 Å². The van der Waals surface area contributed by atoms with E-state index in [0.717, 1.165) is 16.9 Å². The molecule has 32 heavy (non-hydrogen) atoms. The van der Waals surface area contributed by atoms with E-state index in [9.17, 15) is 9.18 Å². The molecule has 0 radical (unpaired) electrons. The maximum Gasteiger partial charge on any atom is 0.289 e. The summed E-state index contributed by atoms with van der Waals surface area (Å²) in [5, 5.41) is 0. The van der Waals surface area contributed by atoms with Crippen molar-refractivity contribution < 1.29 is 18.7 Å². The first-order chi connectivity index (χ1) is 15.4. The van der Waals surface area contributed by atoms with E-state index in [-0.39, 0.29) is 23.8 Å². The minimum absolute atomic E-state index is 0.205. The van der Waals surface area contributed by atoms with Crippen molar-refractivity contribution in [3.63, 3.8) is 0 Å². The van der Waals surface area contributed by atoms with Crippen molar-refractivity contribution in [3.8, 4) is 11.4 Å². The van der Waals surface area contributed by atoms with Crippen LogP contribution >= 0.6 is 0 Å². The van der Waals surface area contributed by atoms with Gasteiger partial charge >= 0.3 is 0 Å². The lowest BCUT2D eigenvalue weighted by atomic mass is 10.1. The molecule has 1 aliphatic rings. The van der Waals surface area contributed by atoms with Crippen molar-refractivity contribution in [2.24, 2.45) is 0 Å². The Morgan fingerprint density at radius 2 is 2.09 bits per heavy atom. The maximum atomic E-state index is 13.6. The normalized spacial score (nSPS) is 18.5. The number of carbonyl (C=O) groups is 1. The molecule has 2 atom stereocenters. The third-order valence-corrected chi connectivity index (χ3v) is 5.45. The van der Waals surface area contributed by atoms with Crippen molar-refractivity contribution in [3.05, 3.63) is 77.6 Å². The number of imidazole rings is 1. The highest BCUT2D eigenvalue weighted by Crippen LogP contribution is 2.30. The SMILES string of the molecule is COc1cc(/C=C2\O[C@@H](C)CN([C@H](C)c3ccnc(F)c3)C2=O)ccc1-n1cnc(C)c1. The molecule has 7 nitrogen and oxygen atoms in total. The van der Waals surface area contributed by atoms with Gasteiger partial charge in [0, 0.05) is 12.4 Å². The first kappa shape index (κ1) is 21.5. The molecule has 1 aliphatic heterocycles. The van der Waals surface area contributed by atoms with Crippen LogP contribution in [-0.4, -0.2) is 45.1 Å². The Bertz CT molecular complexity index is 1170. The van der Waals surface area contributed by atoms with Gasteiger partial charge in [0.15, 0.2) is 5.76 Å². The predicted molar refractivity (Wildman–Crippen MR) is 118 cm³/mol. The van der Waals surface area contributed by atoms with Gasteiger partial charge in [-0.2, -0.15) is 4.39 Å². The van der Waals surface area contributed by atoms with Crippen molar-refractivity contribution in [1.29, 1.82) is 0 Å². The number of aryl methyl sites for hydroxylation is 1. The lowest BCUT2D eigenvalue weighted by Gasteiger charge is -2.37. The Morgan fingerprint density at radius 3 is 2.78 bits per heavy atom. The average molecular weight is 436 g/mol. The van der Waals surface area contributed by atoms with Crippen LogP contribution in [0.15, 0.2) is 54.8 Å². The number of rotatable bonds is 5. The van der Waals surface area contributed by atoms with Crippen molar-refractivity contribution in [2.45, 2.75) is 32.9 Å². The summed E-state index contributed by atoms with van der Waals surface area (Å²) >= 11 is 0. The van der Waals surface area contributed by atoms with Crippen molar-refractivity contribution in [1.82, 2.24) is 19.4 Å². The molecule has 1 fully saturated rings. The van der Waals surface area contributed by atoms with Gasteiger partial charge in [0.1, 0.15) is 11.9 Å². The van der Waals surface area contributed by atoms with Gasteiger partial charge in [-0.05, 0) is 62.2 Å². The summed E-state index contributed by atoms with van der Waals surface area (Å²) < 4.78 is 26.9. The van der Waals surface area contributed by atoms with Gasteiger partial charge in [-0.15, -0.1) is 0 Å². The Balaban J connectivity index is 1.63. The van der Waals surface area contributed by atoms with Crippen LogP contribution < -0.4 is 4.74 Å². The molecule has 166 valence electrons. The number of hydrogen-bond donors (Lipinski definition) is 0. The zero-order valence-corrected chi connectivity index (χ0v) is 18.4. The summed E-state index contributed by atoms with van der Waals surface area (Å²) in [6.45, 7) is 6.09.